The minimum absolute atomic E-state index is 0.151. The molecule has 132 valence electrons. The van der Waals surface area contributed by atoms with Crippen LogP contribution in [-0.2, 0) is 4.79 Å². The smallest absolute Gasteiger partial charge is 0.276 e. The number of nitrogens with one attached hydrogen (secondary N) is 1. The molecule has 0 aliphatic carbocycles. The molecule has 4 rings (SSSR count). The molecule has 2 heterocycles. The number of amidine groups is 1. The van der Waals surface area contributed by atoms with Crippen LogP contribution in [0.15, 0.2) is 58.6 Å². The number of hydrogen-bond acceptors (Lipinski definition) is 6. The van der Waals surface area contributed by atoms with Crippen molar-refractivity contribution in [3.63, 3.8) is 0 Å². The van der Waals surface area contributed by atoms with E-state index in [1.807, 2.05) is 73.8 Å². The third-order valence-corrected chi connectivity index (χ3v) is 4.99. The second kappa shape index (κ2) is 6.49. The summed E-state index contributed by atoms with van der Waals surface area (Å²) in [6, 6.07) is 15.9. The molecule has 1 amide bonds. The number of anilines is 1. The maximum absolute atomic E-state index is 12.7. The van der Waals surface area contributed by atoms with E-state index in [0.29, 0.717) is 10.9 Å². The zero-order valence-corrected chi connectivity index (χ0v) is 15.6. The van der Waals surface area contributed by atoms with Gasteiger partial charge in [-0.2, -0.15) is 0 Å². The number of nitrogens with zero attached hydrogens (tertiary/aromatic N) is 4. The monoisotopic (exact) mass is 365 g/mol. The molecule has 0 saturated carbocycles. The Kier molecular flexibility index (Phi) is 4.16. The summed E-state index contributed by atoms with van der Waals surface area (Å²) in [4.78, 5) is 19.7. The summed E-state index contributed by atoms with van der Waals surface area (Å²) in [5.41, 5.74) is 2.63. The highest BCUT2D eigenvalue weighted by atomic mass is 32.2. The Morgan fingerprint density at radius 1 is 1.12 bits per heavy atom. The molecule has 2 aromatic carbocycles. The lowest BCUT2D eigenvalue weighted by Crippen LogP contribution is -2.50. The van der Waals surface area contributed by atoms with Crippen LogP contribution in [0.25, 0.3) is 5.70 Å². The normalized spacial score (nSPS) is 18.3. The van der Waals surface area contributed by atoms with E-state index >= 15 is 0 Å². The number of rotatable bonds is 2. The highest BCUT2D eigenvalue weighted by molar-refractivity contribution is 8.13. The van der Waals surface area contributed by atoms with Crippen LogP contribution >= 0.6 is 11.8 Å². The summed E-state index contributed by atoms with van der Waals surface area (Å²) < 4.78 is 0. The van der Waals surface area contributed by atoms with Gasteiger partial charge in [0.15, 0.2) is 11.3 Å². The summed E-state index contributed by atoms with van der Waals surface area (Å²) in [5.74, 6) is -0.151. The number of carbonyl (C=O) groups excluding carboxylic acids is 1. The van der Waals surface area contributed by atoms with Crippen molar-refractivity contribution < 1.29 is 4.79 Å². The van der Waals surface area contributed by atoms with Gasteiger partial charge in [-0.15, -0.1) is 5.10 Å². The van der Waals surface area contributed by atoms with Gasteiger partial charge in [0.25, 0.3) is 5.91 Å². The van der Waals surface area contributed by atoms with Crippen LogP contribution in [0.2, 0.25) is 0 Å². The maximum atomic E-state index is 12.7. The number of fused-ring (bicyclic) bond motifs is 2. The summed E-state index contributed by atoms with van der Waals surface area (Å²) in [6.07, 6.45) is 1.52. The van der Waals surface area contributed by atoms with Crippen LogP contribution in [0.4, 0.5) is 5.69 Å². The minimum atomic E-state index is -0.371. The van der Waals surface area contributed by atoms with Gasteiger partial charge in [0.05, 0.1) is 5.36 Å². The van der Waals surface area contributed by atoms with Crippen molar-refractivity contribution in [1.82, 2.24) is 10.3 Å². The number of amides is 1. The number of benzene rings is 2. The van der Waals surface area contributed by atoms with Gasteiger partial charge >= 0.3 is 0 Å². The van der Waals surface area contributed by atoms with E-state index in [0.717, 1.165) is 21.8 Å². The van der Waals surface area contributed by atoms with Crippen molar-refractivity contribution in [1.29, 1.82) is 0 Å². The SMILES string of the molecule is CSC1=NN2C(=c3ccccc3=NC2c2ccc(N(C)C)cc2)C(=O)N1. The van der Waals surface area contributed by atoms with E-state index in [1.54, 1.807) is 5.01 Å². The molecule has 26 heavy (non-hydrogen) atoms. The number of hydrazone groups is 1. The van der Waals surface area contributed by atoms with Crippen molar-refractivity contribution in [2.24, 2.45) is 10.1 Å². The van der Waals surface area contributed by atoms with Crippen molar-refractivity contribution in [3.8, 4) is 0 Å². The molecule has 2 aromatic rings. The van der Waals surface area contributed by atoms with Crippen LogP contribution in [0.5, 0.6) is 0 Å². The molecule has 1 N–H and O–H groups in total. The first-order valence-electron chi connectivity index (χ1n) is 8.26. The molecule has 0 bridgehead atoms. The fourth-order valence-electron chi connectivity index (χ4n) is 3.08. The Labute approximate surface area is 155 Å². The van der Waals surface area contributed by atoms with Crippen LogP contribution in [0.3, 0.4) is 0 Å². The Morgan fingerprint density at radius 2 is 1.85 bits per heavy atom. The standard InChI is InChI=1S/C19H19N5OS/c1-23(2)13-10-8-12(9-11-13)17-20-15-7-5-4-6-14(15)16-18(25)21-19(26-3)22-24(16)17/h4-11,17H,1-3H3,(H,21,22,25). The van der Waals surface area contributed by atoms with E-state index in [2.05, 4.69) is 10.4 Å². The van der Waals surface area contributed by atoms with Crippen LogP contribution < -0.4 is 20.8 Å². The topological polar surface area (TPSA) is 60.3 Å². The molecular weight excluding hydrogens is 346 g/mol. The zero-order chi connectivity index (χ0) is 18.3. The fourth-order valence-corrected chi connectivity index (χ4v) is 3.45. The first-order chi connectivity index (χ1) is 12.6. The average molecular weight is 365 g/mol. The Bertz CT molecular complexity index is 1010. The molecule has 1 unspecified atom stereocenters. The Morgan fingerprint density at radius 3 is 2.54 bits per heavy atom. The molecule has 0 saturated heterocycles. The number of carbonyl (C=O) groups is 1. The molecule has 2 aliphatic rings. The number of hydrogen-bond donors (Lipinski definition) is 1. The zero-order valence-electron chi connectivity index (χ0n) is 14.8. The van der Waals surface area contributed by atoms with E-state index in [4.69, 9.17) is 4.99 Å². The minimum Gasteiger partial charge on any atom is -0.378 e. The Balaban J connectivity index is 1.90. The molecule has 6 nitrogen and oxygen atoms in total. The molecule has 0 aromatic heterocycles. The highest BCUT2D eigenvalue weighted by Gasteiger charge is 2.34. The quantitative estimate of drug-likeness (QED) is 0.870. The fraction of sp³-hybridized carbons (Fsp3) is 0.211. The van der Waals surface area contributed by atoms with Gasteiger partial charge in [-0.3, -0.25) is 15.1 Å². The van der Waals surface area contributed by atoms with Gasteiger partial charge in [-0.05, 0) is 30.0 Å². The summed E-state index contributed by atoms with van der Waals surface area (Å²) in [5, 5.41) is 11.4. The summed E-state index contributed by atoms with van der Waals surface area (Å²) in [7, 11) is 4.01. The van der Waals surface area contributed by atoms with Gasteiger partial charge in [0.2, 0.25) is 0 Å². The molecule has 0 spiro atoms. The van der Waals surface area contributed by atoms with E-state index in [9.17, 15) is 4.79 Å². The van der Waals surface area contributed by atoms with Gasteiger partial charge in [0.1, 0.15) is 5.70 Å². The number of thioether (sulfide) groups is 1. The first kappa shape index (κ1) is 16.7. The van der Waals surface area contributed by atoms with Crippen molar-refractivity contribution in [2.75, 3.05) is 25.3 Å². The second-order valence-electron chi connectivity index (χ2n) is 6.26. The molecule has 0 radical (unpaired) electrons. The molecule has 2 aliphatic heterocycles. The van der Waals surface area contributed by atoms with Crippen LogP contribution in [0.1, 0.15) is 11.7 Å². The van der Waals surface area contributed by atoms with Gasteiger partial charge in [-0.25, -0.2) is 5.01 Å². The lowest BCUT2D eigenvalue weighted by atomic mass is 10.1. The molecule has 1 atom stereocenters. The van der Waals surface area contributed by atoms with Crippen molar-refractivity contribution in [2.45, 2.75) is 6.17 Å². The summed E-state index contributed by atoms with van der Waals surface area (Å²) >= 11 is 1.40. The lowest BCUT2D eigenvalue weighted by molar-refractivity contribution is -0.116. The third kappa shape index (κ3) is 2.74. The van der Waals surface area contributed by atoms with Gasteiger partial charge in [0, 0.05) is 25.0 Å². The molecule has 0 fully saturated rings. The molecule has 7 heteroatoms. The van der Waals surface area contributed by atoms with Gasteiger partial charge in [-0.1, -0.05) is 42.1 Å². The maximum Gasteiger partial charge on any atom is 0.276 e. The Hall–Kier alpha value is -2.80. The van der Waals surface area contributed by atoms with E-state index in [-0.39, 0.29) is 12.1 Å². The molecular formula is C19H19N5OS. The van der Waals surface area contributed by atoms with Crippen molar-refractivity contribution in [3.05, 3.63) is 64.7 Å². The van der Waals surface area contributed by atoms with Crippen molar-refractivity contribution >= 4 is 34.2 Å². The van der Waals surface area contributed by atoms with Crippen LogP contribution in [0, 0.1) is 0 Å². The van der Waals surface area contributed by atoms with E-state index in [1.165, 1.54) is 11.8 Å². The predicted octanol–water partition coefficient (Wildman–Crippen LogP) is 1.26. The average Bonchev–Trinajstić information content (AvgIpc) is 2.67. The van der Waals surface area contributed by atoms with Crippen LogP contribution in [-0.4, -0.2) is 36.4 Å². The van der Waals surface area contributed by atoms with Gasteiger partial charge < -0.3 is 4.90 Å². The van der Waals surface area contributed by atoms with E-state index < -0.39 is 0 Å². The second-order valence-corrected chi connectivity index (χ2v) is 7.06. The summed E-state index contributed by atoms with van der Waals surface area (Å²) in [6.45, 7) is 0. The first-order valence-corrected chi connectivity index (χ1v) is 9.48. The highest BCUT2D eigenvalue weighted by Crippen LogP contribution is 2.31. The number of para-hydroxylation sites is 1. The third-order valence-electron chi connectivity index (χ3n) is 4.42. The predicted molar refractivity (Wildman–Crippen MR) is 105 cm³/mol. The lowest BCUT2D eigenvalue weighted by Gasteiger charge is -2.34. The largest absolute Gasteiger partial charge is 0.378 e.